The highest BCUT2D eigenvalue weighted by Crippen LogP contribution is 2.30. The number of aromatic amines is 1. The van der Waals surface area contributed by atoms with Crippen molar-refractivity contribution in [1.29, 1.82) is 0 Å². The van der Waals surface area contributed by atoms with Gasteiger partial charge in [0.2, 0.25) is 0 Å². The second-order valence-corrected chi connectivity index (χ2v) is 6.80. The Morgan fingerprint density at radius 3 is 2.40 bits per heavy atom. The second kappa shape index (κ2) is 7.87. The van der Waals surface area contributed by atoms with Crippen LogP contribution in [0.4, 0.5) is 0 Å². The van der Waals surface area contributed by atoms with Crippen LogP contribution in [0.5, 0.6) is 11.5 Å². The highest BCUT2D eigenvalue weighted by molar-refractivity contribution is 5.81. The Bertz CT molecular complexity index is 779. The Labute approximate surface area is 148 Å². The first kappa shape index (κ1) is 17.7. The van der Waals surface area contributed by atoms with Crippen LogP contribution in [-0.4, -0.2) is 42.2 Å². The molecule has 1 N–H and O–H groups in total. The predicted octanol–water partition coefficient (Wildman–Crippen LogP) is 3.09. The van der Waals surface area contributed by atoms with Crippen molar-refractivity contribution >= 4 is 10.9 Å². The van der Waals surface area contributed by atoms with E-state index in [1.165, 1.54) is 38.5 Å². The van der Waals surface area contributed by atoms with Gasteiger partial charge in [-0.3, -0.25) is 9.69 Å². The minimum atomic E-state index is -0.143. The van der Waals surface area contributed by atoms with Crippen LogP contribution in [0.25, 0.3) is 10.9 Å². The fourth-order valence-corrected chi connectivity index (χ4v) is 3.65. The molecule has 0 radical (unpaired) electrons. The molecule has 2 aromatic rings. The summed E-state index contributed by atoms with van der Waals surface area (Å²) in [6.07, 6.45) is 7.67. The van der Waals surface area contributed by atoms with Crippen molar-refractivity contribution in [1.82, 2.24) is 14.9 Å². The lowest BCUT2D eigenvalue weighted by atomic mass is 10.1. The molecule has 0 aliphatic heterocycles. The molecule has 0 amide bonds. The van der Waals surface area contributed by atoms with Gasteiger partial charge in [-0.05, 0) is 26.0 Å². The molecular formula is C19H27N3O3. The van der Waals surface area contributed by atoms with Crippen LogP contribution in [0.1, 0.15) is 44.3 Å². The number of fused-ring (bicyclic) bond motifs is 1. The topological polar surface area (TPSA) is 67.5 Å². The molecular weight excluding hydrogens is 318 g/mol. The molecule has 6 nitrogen and oxygen atoms in total. The summed E-state index contributed by atoms with van der Waals surface area (Å²) in [5.41, 5.74) is 0.487. The summed E-state index contributed by atoms with van der Waals surface area (Å²) in [7, 11) is 5.26. The molecule has 0 saturated heterocycles. The van der Waals surface area contributed by atoms with E-state index in [2.05, 4.69) is 21.9 Å². The molecule has 1 saturated carbocycles. The number of nitrogens with zero attached hydrogens (tertiary/aromatic N) is 2. The van der Waals surface area contributed by atoms with Gasteiger partial charge < -0.3 is 14.5 Å². The van der Waals surface area contributed by atoms with Crippen molar-refractivity contribution in [3.8, 4) is 11.5 Å². The number of methoxy groups -OCH3 is 2. The normalized spacial score (nSPS) is 16.2. The third-order valence-electron chi connectivity index (χ3n) is 5.11. The van der Waals surface area contributed by atoms with E-state index in [4.69, 9.17) is 9.47 Å². The Kier molecular flexibility index (Phi) is 5.58. The number of ether oxygens (including phenoxy) is 2. The summed E-state index contributed by atoms with van der Waals surface area (Å²) in [6.45, 7) is 0.643. The average molecular weight is 345 g/mol. The summed E-state index contributed by atoms with van der Waals surface area (Å²) in [4.78, 5) is 22.4. The SMILES string of the molecule is COc1cc2nc(CN(C)C3CCCCCC3)[nH]c(=O)c2cc1OC. The monoisotopic (exact) mass is 345 g/mol. The summed E-state index contributed by atoms with van der Waals surface area (Å²) in [6, 6.07) is 4.01. The number of aromatic nitrogens is 2. The van der Waals surface area contributed by atoms with Gasteiger partial charge in [0.15, 0.2) is 11.5 Å². The number of hydrogen-bond acceptors (Lipinski definition) is 5. The minimum Gasteiger partial charge on any atom is -0.493 e. The Morgan fingerprint density at radius 2 is 1.76 bits per heavy atom. The molecule has 0 atom stereocenters. The van der Waals surface area contributed by atoms with Crippen LogP contribution in [-0.2, 0) is 6.54 Å². The van der Waals surface area contributed by atoms with Crippen molar-refractivity contribution in [2.75, 3.05) is 21.3 Å². The Hall–Kier alpha value is -2.08. The van der Waals surface area contributed by atoms with Crippen LogP contribution < -0.4 is 15.0 Å². The lowest BCUT2D eigenvalue weighted by Gasteiger charge is -2.26. The quantitative estimate of drug-likeness (QED) is 0.844. The largest absolute Gasteiger partial charge is 0.493 e. The van der Waals surface area contributed by atoms with Gasteiger partial charge in [0.05, 0.1) is 31.7 Å². The van der Waals surface area contributed by atoms with Crippen molar-refractivity contribution in [3.63, 3.8) is 0 Å². The van der Waals surface area contributed by atoms with Crippen molar-refractivity contribution < 1.29 is 9.47 Å². The van der Waals surface area contributed by atoms with E-state index in [1.807, 2.05) is 0 Å². The number of hydrogen-bond donors (Lipinski definition) is 1. The van der Waals surface area contributed by atoms with Crippen LogP contribution in [0.3, 0.4) is 0 Å². The van der Waals surface area contributed by atoms with Crippen molar-refractivity contribution in [2.45, 2.75) is 51.1 Å². The van der Waals surface area contributed by atoms with Gasteiger partial charge in [0, 0.05) is 12.1 Å². The Balaban J connectivity index is 1.88. The number of H-pyrrole nitrogens is 1. The highest BCUT2D eigenvalue weighted by Gasteiger charge is 2.18. The van der Waals surface area contributed by atoms with Gasteiger partial charge >= 0.3 is 0 Å². The van der Waals surface area contributed by atoms with E-state index >= 15 is 0 Å². The third-order valence-corrected chi connectivity index (χ3v) is 5.11. The standard InChI is InChI=1S/C19H27N3O3/c1-22(13-8-6-4-5-7-9-13)12-18-20-15-11-17(25-3)16(24-2)10-14(15)19(23)21-18/h10-11,13H,4-9,12H2,1-3H3,(H,20,21,23). The first-order valence-corrected chi connectivity index (χ1v) is 8.97. The predicted molar refractivity (Wildman–Crippen MR) is 98.4 cm³/mol. The van der Waals surface area contributed by atoms with Crippen LogP contribution in [0.2, 0.25) is 0 Å². The molecule has 25 heavy (non-hydrogen) atoms. The second-order valence-electron chi connectivity index (χ2n) is 6.80. The van der Waals surface area contributed by atoms with Gasteiger partial charge in [-0.15, -0.1) is 0 Å². The molecule has 3 rings (SSSR count). The van der Waals surface area contributed by atoms with E-state index in [0.717, 1.165) is 0 Å². The number of rotatable bonds is 5. The molecule has 1 aliphatic rings. The molecule has 136 valence electrons. The molecule has 1 aliphatic carbocycles. The van der Waals surface area contributed by atoms with Gasteiger partial charge in [0.25, 0.3) is 5.56 Å². The summed E-state index contributed by atoms with van der Waals surface area (Å²) < 4.78 is 10.6. The number of benzene rings is 1. The van der Waals surface area contributed by atoms with Crippen molar-refractivity contribution in [2.24, 2.45) is 0 Å². The molecule has 0 spiro atoms. The van der Waals surface area contributed by atoms with Crippen molar-refractivity contribution in [3.05, 3.63) is 28.3 Å². The summed E-state index contributed by atoms with van der Waals surface area (Å²) >= 11 is 0. The minimum absolute atomic E-state index is 0.143. The summed E-state index contributed by atoms with van der Waals surface area (Å²) in [5, 5.41) is 0.513. The first-order chi connectivity index (χ1) is 12.1. The van der Waals surface area contributed by atoms with E-state index in [9.17, 15) is 4.79 Å². The van der Waals surface area contributed by atoms with Crippen LogP contribution in [0, 0.1) is 0 Å². The van der Waals surface area contributed by atoms with E-state index < -0.39 is 0 Å². The van der Waals surface area contributed by atoms with Crippen LogP contribution >= 0.6 is 0 Å². The van der Waals surface area contributed by atoms with Gasteiger partial charge in [-0.25, -0.2) is 4.98 Å². The molecule has 0 bridgehead atoms. The van der Waals surface area contributed by atoms with Gasteiger partial charge in [-0.1, -0.05) is 25.7 Å². The van der Waals surface area contributed by atoms with Gasteiger partial charge in [-0.2, -0.15) is 0 Å². The molecule has 1 aromatic heterocycles. The molecule has 0 unspecified atom stereocenters. The molecule has 1 fully saturated rings. The molecule has 1 heterocycles. The zero-order chi connectivity index (χ0) is 17.8. The first-order valence-electron chi connectivity index (χ1n) is 8.97. The smallest absolute Gasteiger partial charge is 0.258 e. The zero-order valence-electron chi connectivity index (χ0n) is 15.3. The maximum absolute atomic E-state index is 12.5. The lowest BCUT2D eigenvalue weighted by molar-refractivity contribution is 0.208. The van der Waals surface area contributed by atoms with Gasteiger partial charge in [0.1, 0.15) is 5.82 Å². The zero-order valence-corrected chi connectivity index (χ0v) is 15.3. The summed E-state index contributed by atoms with van der Waals surface area (Å²) in [5.74, 6) is 1.80. The molecule has 1 aromatic carbocycles. The van der Waals surface area contributed by atoms with E-state index in [0.29, 0.717) is 40.8 Å². The highest BCUT2D eigenvalue weighted by atomic mass is 16.5. The fourth-order valence-electron chi connectivity index (χ4n) is 3.65. The maximum atomic E-state index is 12.5. The van der Waals surface area contributed by atoms with E-state index in [1.54, 1.807) is 26.4 Å². The van der Waals surface area contributed by atoms with Crippen LogP contribution in [0.15, 0.2) is 16.9 Å². The average Bonchev–Trinajstić information content (AvgIpc) is 2.90. The molecule has 6 heteroatoms. The third kappa shape index (κ3) is 3.95. The lowest BCUT2D eigenvalue weighted by Crippen LogP contribution is -2.32. The Morgan fingerprint density at radius 1 is 1.12 bits per heavy atom. The number of nitrogens with one attached hydrogen (secondary N) is 1. The van der Waals surface area contributed by atoms with E-state index in [-0.39, 0.29) is 5.56 Å². The maximum Gasteiger partial charge on any atom is 0.258 e. The fraction of sp³-hybridized carbons (Fsp3) is 0.579.